The van der Waals surface area contributed by atoms with Gasteiger partial charge in [-0.05, 0) is 12.3 Å². The Morgan fingerprint density at radius 3 is 2.09 bits per heavy atom. The Morgan fingerprint density at radius 1 is 1.00 bits per heavy atom. The minimum Gasteiger partial charge on any atom is -0.481 e. The van der Waals surface area contributed by atoms with Crippen LogP contribution in [0.15, 0.2) is 12.5 Å². The molecule has 10 N–H and O–H groups in total. The van der Waals surface area contributed by atoms with Crippen molar-refractivity contribution in [2.75, 3.05) is 0 Å². The maximum atomic E-state index is 13.0. The van der Waals surface area contributed by atoms with Gasteiger partial charge in [-0.1, -0.05) is 13.8 Å². The summed E-state index contributed by atoms with van der Waals surface area (Å²) in [5, 5.41) is 25.0. The Morgan fingerprint density at radius 2 is 1.60 bits per heavy atom. The van der Waals surface area contributed by atoms with Crippen LogP contribution in [0.1, 0.15) is 38.8 Å². The summed E-state index contributed by atoms with van der Waals surface area (Å²) < 4.78 is 0. The number of carbonyl (C=O) groups excluding carboxylic acids is 4. The van der Waals surface area contributed by atoms with Gasteiger partial charge >= 0.3 is 11.9 Å². The molecule has 0 spiro atoms. The largest absolute Gasteiger partial charge is 0.481 e. The first-order valence-electron chi connectivity index (χ1n) is 10.7. The molecule has 1 aromatic rings. The molecule has 35 heavy (non-hydrogen) atoms. The van der Waals surface area contributed by atoms with Gasteiger partial charge in [0.05, 0.1) is 18.8 Å². The minimum absolute atomic E-state index is 0.113. The highest BCUT2D eigenvalue weighted by atomic mass is 16.4. The predicted octanol–water partition coefficient (Wildman–Crippen LogP) is -2.79. The fourth-order valence-corrected chi connectivity index (χ4v) is 2.96. The number of rotatable bonds is 15. The summed E-state index contributed by atoms with van der Waals surface area (Å²) in [6.07, 6.45) is 1.44. The van der Waals surface area contributed by atoms with E-state index in [1.807, 2.05) is 0 Å². The summed E-state index contributed by atoms with van der Waals surface area (Å²) in [7, 11) is 0. The molecule has 194 valence electrons. The van der Waals surface area contributed by atoms with Crippen LogP contribution in [-0.2, 0) is 35.2 Å². The van der Waals surface area contributed by atoms with Crippen molar-refractivity contribution in [2.24, 2.45) is 17.4 Å². The molecule has 0 fully saturated rings. The van der Waals surface area contributed by atoms with Crippen molar-refractivity contribution in [3.8, 4) is 0 Å². The van der Waals surface area contributed by atoms with Crippen LogP contribution < -0.4 is 27.4 Å². The summed E-state index contributed by atoms with van der Waals surface area (Å²) in [4.78, 5) is 78.3. The minimum atomic E-state index is -1.53. The Balaban J connectivity index is 3.05. The van der Waals surface area contributed by atoms with Crippen molar-refractivity contribution < 1.29 is 39.0 Å². The molecule has 15 nitrogen and oxygen atoms in total. The molecule has 4 atom stereocenters. The molecule has 15 heteroatoms. The van der Waals surface area contributed by atoms with Crippen LogP contribution in [0.3, 0.4) is 0 Å². The molecule has 0 aromatic carbocycles. The molecule has 4 unspecified atom stereocenters. The van der Waals surface area contributed by atoms with E-state index in [1.165, 1.54) is 12.5 Å². The molecular formula is C20H31N7O8. The third kappa shape index (κ3) is 10.2. The second-order valence-electron chi connectivity index (χ2n) is 8.18. The lowest BCUT2D eigenvalue weighted by atomic mass is 10.0. The number of amides is 4. The van der Waals surface area contributed by atoms with Gasteiger partial charge in [-0.3, -0.25) is 24.0 Å². The molecule has 0 bridgehead atoms. The zero-order chi connectivity index (χ0) is 26.7. The van der Waals surface area contributed by atoms with E-state index in [0.29, 0.717) is 5.69 Å². The van der Waals surface area contributed by atoms with Gasteiger partial charge in [0.2, 0.25) is 23.6 Å². The number of hydrogen-bond acceptors (Lipinski definition) is 8. The molecule has 0 aliphatic carbocycles. The quantitative estimate of drug-likeness (QED) is 0.123. The smallest absolute Gasteiger partial charge is 0.326 e. The SMILES string of the molecule is CC(C)C(NC(=O)C(CC(N)=O)NC(=O)C(Cc1cnc[nH]1)NC(=O)C(N)CCC(=O)O)C(=O)O. The van der Waals surface area contributed by atoms with Gasteiger partial charge in [0, 0.05) is 24.7 Å². The van der Waals surface area contributed by atoms with Crippen LogP contribution in [0.2, 0.25) is 0 Å². The molecule has 1 heterocycles. The molecular weight excluding hydrogens is 466 g/mol. The summed E-state index contributed by atoms with van der Waals surface area (Å²) in [5.74, 6) is -6.56. The highest BCUT2D eigenvalue weighted by molar-refractivity contribution is 5.96. The molecule has 1 aromatic heterocycles. The number of carbonyl (C=O) groups is 6. The Labute approximate surface area is 200 Å². The lowest BCUT2D eigenvalue weighted by Gasteiger charge is -2.25. The Hall–Kier alpha value is -4.01. The van der Waals surface area contributed by atoms with E-state index in [2.05, 4.69) is 25.9 Å². The number of nitrogens with one attached hydrogen (secondary N) is 4. The Bertz CT molecular complexity index is 919. The first kappa shape index (κ1) is 29.0. The molecule has 4 amide bonds. The monoisotopic (exact) mass is 497 g/mol. The van der Waals surface area contributed by atoms with Gasteiger partial charge in [0.1, 0.15) is 18.1 Å². The fourth-order valence-electron chi connectivity index (χ4n) is 2.96. The summed E-state index contributed by atoms with van der Waals surface area (Å²) >= 11 is 0. The number of aromatic nitrogens is 2. The number of nitrogens with two attached hydrogens (primary N) is 2. The van der Waals surface area contributed by atoms with Crippen LogP contribution in [0, 0.1) is 5.92 Å². The first-order chi connectivity index (χ1) is 16.3. The van der Waals surface area contributed by atoms with Crippen LogP contribution >= 0.6 is 0 Å². The molecule has 0 saturated heterocycles. The van der Waals surface area contributed by atoms with E-state index in [-0.39, 0.29) is 19.3 Å². The number of carboxylic acids is 2. The van der Waals surface area contributed by atoms with E-state index in [9.17, 15) is 33.9 Å². The highest BCUT2D eigenvalue weighted by Gasteiger charge is 2.32. The van der Waals surface area contributed by atoms with Crippen molar-refractivity contribution in [3.63, 3.8) is 0 Å². The Kier molecular flexibility index (Phi) is 11.3. The van der Waals surface area contributed by atoms with E-state index in [1.54, 1.807) is 13.8 Å². The third-order valence-corrected chi connectivity index (χ3v) is 4.89. The number of imidazole rings is 1. The fraction of sp³-hybridized carbons (Fsp3) is 0.550. The summed E-state index contributed by atoms with van der Waals surface area (Å²) in [6.45, 7) is 3.12. The van der Waals surface area contributed by atoms with E-state index < -0.39 is 72.1 Å². The number of primary amides is 1. The first-order valence-corrected chi connectivity index (χ1v) is 10.7. The van der Waals surface area contributed by atoms with E-state index in [0.717, 1.165) is 0 Å². The van der Waals surface area contributed by atoms with Crippen molar-refractivity contribution in [1.82, 2.24) is 25.9 Å². The maximum absolute atomic E-state index is 13.0. The summed E-state index contributed by atoms with van der Waals surface area (Å²) in [6, 6.07) is -5.34. The zero-order valence-electron chi connectivity index (χ0n) is 19.3. The van der Waals surface area contributed by atoms with E-state index in [4.69, 9.17) is 16.6 Å². The third-order valence-electron chi connectivity index (χ3n) is 4.89. The van der Waals surface area contributed by atoms with Gasteiger partial charge in [0.15, 0.2) is 0 Å². The second-order valence-corrected chi connectivity index (χ2v) is 8.18. The lowest BCUT2D eigenvalue weighted by Crippen LogP contribution is -2.58. The number of hydrogen-bond donors (Lipinski definition) is 8. The summed E-state index contributed by atoms with van der Waals surface area (Å²) in [5.41, 5.74) is 11.3. The van der Waals surface area contributed by atoms with Gasteiger partial charge < -0.3 is 42.6 Å². The lowest BCUT2D eigenvalue weighted by molar-refractivity contribution is -0.143. The van der Waals surface area contributed by atoms with Crippen LogP contribution in [0.25, 0.3) is 0 Å². The van der Waals surface area contributed by atoms with E-state index >= 15 is 0 Å². The number of aliphatic carboxylic acids is 2. The van der Waals surface area contributed by atoms with Gasteiger partial charge in [-0.25, -0.2) is 9.78 Å². The topological polar surface area (TPSA) is 260 Å². The highest BCUT2D eigenvalue weighted by Crippen LogP contribution is 2.06. The van der Waals surface area contributed by atoms with Crippen LogP contribution in [0.4, 0.5) is 0 Å². The van der Waals surface area contributed by atoms with Crippen molar-refractivity contribution >= 4 is 35.6 Å². The maximum Gasteiger partial charge on any atom is 0.326 e. The molecule has 0 aliphatic heterocycles. The van der Waals surface area contributed by atoms with Crippen molar-refractivity contribution in [1.29, 1.82) is 0 Å². The van der Waals surface area contributed by atoms with Gasteiger partial charge in [0.25, 0.3) is 0 Å². The molecule has 0 aliphatic rings. The predicted molar refractivity (Wildman–Crippen MR) is 119 cm³/mol. The molecule has 1 rings (SSSR count). The zero-order valence-corrected chi connectivity index (χ0v) is 19.3. The van der Waals surface area contributed by atoms with Crippen LogP contribution in [-0.4, -0.2) is 79.9 Å². The standard InChI is InChI=1S/C20H31N7O8/c1-9(2)16(20(34)35)27-19(33)13(6-14(22)28)26-18(32)12(5-10-7-23-8-24-10)25-17(31)11(21)3-4-15(29)30/h7-9,11-13,16H,3-6,21H2,1-2H3,(H2,22,28)(H,23,24)(H,25,31)(H,26,32)(H,27,33)(H,29,30)(H,34,35). The van der Waals surface area contributed by atoms with Gasteiger partial charge in [-0.2, -0.15) is 0 Å². The second kappa shape index (κ2) is 13.6. The number of H-pyrrole nitrogens is 1. The number of carboxylic acid groups (broad SMARTS) is 2. The van der Waals surface area contributed by atoms with Crippen molar-refractivity contribution in [3.05, 3.63) is 18.2 Å². The van der Waals surface area contributed by atoms with Gasteiger partial charge in [-0.15, -0.1) is 0 Å². The van der Waals surface area contributed by atoms with Crippen LogP contribution in [0.5, 0.6) is 0 Å². The normalized spacial score (nSPS) is 14.3. The average Bonchev–Trinajstić information content (AvgIpc) is 3.26. The number of nitrogens with zero attached hydrogens (tertiary/aromatic N) is 1. The van der Waals surface area contributed by atoms with Crippen molar-refractivity contribution in [2.45, 2.75) is 63.7 Å². The molecule has 0 saturated carbocycles. The molecule has 0 radical (unpaired) electrons. The number of aromatic amines is 1. The average molecular weight is 498 g/mol.